The van der Waals surface area contributed by atoms with Gasteiger partial charge in [-0.25, -0.2) is 4.98 Å². The summed E-state index contributed by atoms with van der Waals surface area (Å²) >= 11 is 0.667. The van der Waals surface area contributed by atoms with Crippen molar-refractivity contribution in [1.29, 1.82) is 0 Å². The van der Waals surface area contributed by atoms with Crippen molar-refractivity contribution in [2.45, 2.75) is 12.7 Å². The molecule has 0 fully saturated rings. The number of aromatic nitrogens is 3. The summed E-state index contributed by atoms with van der Waals surface area (Å²) in [5.74, 6) is -0.695. The van der Waals surface area contributed by atoms with Crippen LogP contribution in [0.3, 0.4) is 0 Å². The SMILES string of the molecule is COc1cc(CNc2nc(C(F)(F)F)ns2)ccn1. The van der Waals surface area contributed by atoms with Crippen LogP contribution < -0.4 is 10.1 Å². The van der Waals surface area contributed by atoms with E-state index in [0.29, 0.717) is 24.0 Å². The first-order valence-corrected chi connectivity index (χ1v) is 5.90. The molecule has 2 aromatic heterocycles. The van der Waals surface area contributed by atoms with Crippen molar-refractivity contribution in [3.63, 3.8) is 0 Å². The summed E-state index contributed by atoms with van der Waals surface area (Å²) in [6.45, 7) is 0.311. The number of halogens is 3. The Labute approximate surface area is 110 Å². The van der Waals surface area contributed by atoms with Crippen LogP contribution in [0.2, 0.25) is 0 Å². The van der Waals surface area contributed by atoms with Gasteiger partial charge in [0, 0.05) is 30.3 Å². The first-order chi connectivity index (χ1) is 8.99. The predicted octanol–water partition coefficient (Wildman–Crippen LogP) is 2.57. The number of anilines is 1. The lowest BCUT2D eigenvalue weighted by atomic mass is 10.3. The topological polar surface area (TPSA) is 59.9 Å². The van der Waals surface area contributed by atoms with E-state index in [-0.39, 0.29) is 5.13 Å². The van der Waals surface area contributed by atoms with Gasteiger partial charge in [-0.1, -0.05) is 0 Å². The highest BCUT2D eigenvalue weighted by Gasteiger charge is 2.36. The summed E-state index contributed by atoms with van der Waals surface area (Å²) in [4.78, 5) is 7.29. The molecular formula is C10H9F3N4OS. The van der Waals surface area contributed by atoms with Crippen molar-refractivity contribution in [3.8, 4) is 5.88 Å². The number of ether oxygens (including phenoxy) is 1. The largest absolute Gasteiger partial charge is 0.481 e. The highest BCUT2D eigenvalue weighted by molar-refractivity contribution is 7.09. The van der Waals surface area contributed by atoms with Gasteiger partial charge in [-0.15, -0.1) is 0 Å². The minimum absolute atomic E-state index is 0.114. The van der Waals surface area contributed by atoms with Crippen LogP contribution in [0.15, 0.2) is 18.3 Å². The van der Waals surface area contributed by atoms with Gasteiger partial charge in [-0.3, -0.25) is 0 Å². The van der Waals surface area contributed by atoms with Crippen molar-refractivity contribution in [2.24, 2.45) is 0 Å². The Morgan fingerprint density at radius 2 is 2.21 bits per heavy atom. The van der Waals surface area contributed by atoms with Crippen molar-refractivity contribution >= 4 is 16.7 Å². The van der Waals surface area contributed by atoms with Crippen molar-refractivity contribution in [2.75, 3.05) is 12.4 Å². The fourth-order valence-corrected chi connectivity index (χ4v) is 1.84. The maximum atomic E-state index is 12.3. The number of nitrogens with one attached hydrogen (secondary N) is 1. The van der Waals surface area contributed by atoms with Crippen molar-refractivity contribution in [1.82, 2.24) is 14.3 Å². The molecule has 5 nitrogen and oxygen atoms in total. The molecule has 2 aromatic rings. The molecule has 0 aliphatic carbocycles. The minimum atomic E-state index is -4.52. The third-order valence-corrected chi connectivity index (χ3v) is 2.80. The molecule has 102 valence electrons. The molecule has 2 heterocycles. The Morgan fingerprint density at radius 3 is 2.84 bits per heavy atom. The van der Waals surface area contributed by atoms with Gasteiger partial charge in [0.2, 0.25) is 16.8 Å². The second kappa shape index (κ2) is 5.39. The second-order valence-corrected chi connectivity index (χ2v) is 4.23. The predicted molar refractivity (Wildman–Crippen MR) is 63.0 cm³/mol. The Balaban J connectivity index is 2.00. The van der Waals surface area contributed by atoms with E-state index in [0.717, 1.165) is 5.56 Å². The maximum absolute atomic E-state index is 12.3. The zero-order chi connectivity index (χ0) is 13.9. The highest BCUT2D eigenvalue weighted by atomic mass is 32.1. The Hall–Kier alpha value is -1.90. The Bertz CT molecular complexity index is 558. The zero-order valence-electron chi connectivity index (χ0n) is 9.73. The van der Waals surface area contributed by atoms with E-state index in [9.17, 15) is 13.2 Å². The zero-order valence-corrected chi connectivity index (χ0v) is 10.5. The third-order valence-electron chi connectivity index (χ3n) is 2.13. The average Bonchev–Trinajstić information content (AvgIpc) is 2.85. The first kappa shape index (κ1) is 13.5. The van der Waals surface area contributed by atoms with Crippen molar-refractivity contribution in [3.05, 3.63) is 29.7 Å². The lowest BCUT2D eigenvalue weighted by Crippen LogP contribution is -2.07. The normalized spacial score (nSPS) is 11.4. The van der Waals surface area contributed by atoms with Crippen LogP contribution in [0.1, 0.15) is 11.4 Å². The molecule has 0 saturated heterocycles. The fraction of sp³-hybridized carbons (Fsp3) is 0.300. The quantitative estimate of drug-likeness (QED) is 0.937. The summed E-state index contributed by atoms with van der Waals surface area (Å²) in [5, 5.41) is 2.88. The molecule has 0 spiro atoms. The summed E-state index contributed by atoms with van der Waals surface area (Å²) < 4.78 is 45.1. The number of methoxy groups -OCH3 is 1. The number of rotatable bonds is 4. The molecule has 0 radical (unpaired) electrons. The van der Waals surface area contributed by atoms with Crippen molar-refractivity contribution < 1.29 is 17.9 Å². The van der Waals surface area contributed by atoms with Gasteiger partial charge >= 0.3 is 6.18 Å². The molecule has 9 heteroatoms. The molecule has 19 heavy (non-hydrogen) atoms. The molecule has 0 bridgehead atoms. The molecule has 0 amide bonds. The molecule has 0 aliphatic heterocycles. The van der Waals surface area contributed by atoms with Crippen LogP contribution in [0.25, 0.3) is 0 Å². The van der Waals surface area contributed by atoms with Crippen LogP contribution in [0, 0.1) is 0 Å². The van der Waals surface area contributed by atoms with Gasteiger partial charge in [0.25, 0.3) is 0 Å². The fourth-order valence-electron chi connectivity index (χ4n) is 1.26. The van der Waals surface area contributed by atoms with Gasteiger partial charge in [0.15, 0.2) is 0 Å². The average molecular weight is 290 g/mol. The lowest BCUT2D eigenvalue weighted by molar-refractivity contribution is -0.144. The van der Waals surface area contributed by atoms with E-state index >= 15 is 0 Å². The molecule has 0 aromatic carbocycles. The summed E-state index contributed by atoms with van der Waals surface area (Å²) in [5.41, 5.74) is 0.815. The Kier molecular flexibility index (Phi) is 3.84. The van der Waals surface area contributed by atoms with Gasteiger partial charge in [0.05, 0.1) is 7.11 Å². The van der Waals surface area contributed by atoms with Crippen LogP contribution in [-0.2, 0) is 12.7 Å². The van der Waals surface area contributed by atoms with E-state index in [1.165, 1.54) is 7.11 Å². The van der Waals surface area contributed by atoms with Gasteiger partial charge < -0.3 is 10.1 Å². The smallest absolute Gasteiger partial charge is 0.452 e. The maximum Gasteiger partial charge on any atom is 0.452 e. The summed E-state index contributed by atoms with van der Waals surface area (Å²) in [6.07, 6.45) is -2.96. The standard InChI is InChI=1S/C10H9F3N4OS/c1-18-7-4-6(2-3-14-7)5-15-9-16-8(17-19-9)10(11,12)13/h2-4H,5H2,1H3,(H,15,16,17). The van der Waals surface area contributed by atoms with E-state index in [2.05, 4.69) is 19.7 Å². The number of hydrogen-bond acceptors (Lipinski definition) is 6. The summed E-state index contributed by atoms with van der Waals surface area (Å²) in [7, 11) is 1.49. The lowest BCUT2D eigenvalue weighted by Gasteiger charge is -2.04. The molecular weight excluding hydrogens is 281 g/mol. The van der Waals surface area contributed by atoms with Crippen LogP contribution in [0.4, 0.5) is 18.3 Å². The van der Waals surface area contributed by atoms with Gasteiger partial charge in [-0.2, -0.15) is 22.5 Å². The monoisotopic (exact) mass is 290 g/mol. The summed E-state index contributed by atoms with van der Waals surface area (Å²) in [6, 6.07) is 3.40. The minimum Gasteiger partial charge on any atom is -0.481 e. The first-order valence-electron chi connectivity index (χ1n) is 5.13. The van der Waals surface area contributed by atoms with Gasteiger partial charge in [-0.05, 0) is 11.6 Å². The number of alkyl halides is 3. The van der Waals surface area contributed by atoms with Gasteiger partial charge in [0.1, 0.15) is 0 Å². The second-order valence-electron chi connectivity index (χ2n) is 3.48. The van der Waals surface area contributed by atoms with Crippen LogP contribution in [-0.4, -0.2) is 21.5 Å². The number of pyridine rings is 1. The van der Waals surface area contributed by atoms with E-state index in [4.69, 9.17) is 4.74 Å². The Morgan fingerprint density at radius 1 is 1.42 bits per heavy atom. The highest BCUT2D eigenvalue weighted by Crippen LogP contribution is 2.29. The number of nitrogens with zero attached hydrogens (tertiary/aromatic N) is 3. The number of hydrogen-bond donors (Lipinski definition) is 1. The molecule has 2 rings (SSSR count). The third kappa shape index (κ3) is 3.53. The molecule has 0 unspecified atom stereocenters. The van der Waals surface area contributed by atoms with E-state index in [1.807, 2.05) is 0 Å². The van der Waals surface area contributed by atoms with Crippen LogP contribution >= 0.6 is 11.5 Å². The van der Waals surface area contributed by atoms with E-state index < -0.39 is 12.0 Å². The molecule has 0 aliphatic rings. The molecule has 0 atom stereocenters. The van der Waals surface area contributed by atoms with Crippen LogP contribution in [0.5, 0.6) is 5.88 Å². The van der Waals surface area contributed by atoms with E-state index in [1.54, 1.807) is 18.3 Å². The molecule has 1 N–H and O–H groups in total. The molecule has 0 saturated carbocycles.